The lowest BCUT2D eigenvalue weighted by Crippen LogP contribution is -2.40. The van der Waals surface area contributed by atoms with Crippen molar-refractivity contribution in [2.45, 2.75) is 69.4 Å². The number of anilines is 1. The van der Waals surface area contributed by atoms with Crippen LogP contribution in [-0.4, -0.2) is 61.6 Å². The van der Waals surface area contributed by atoms with Gasteiger partial charge in [0.25, 0.3) is 10.1 Å². The van der Waals surface area contributed by atoms with Crippen LogP contribution in [-0.2, 0) is 20.9 Å². The van der Waals surface area contributed by atoms with Crippen molar-refractivity contribution in [3.63, 3.8) is 0 Å². The molecule has 0 unspecified atom stereocenters. The second-order valence-corrected chi connectivity index (χ2v) is 14.2. The molecule has 3 aliphatic rings. The third kappa shape index (κ3) is 4.05. The summed E-state index contributed by atoms with van der Waals surface area (Å²) in [6.45, 7) is 14.0. The zero-order valence-electron chi connectivity index (χ0n) is 25.0. The Morgan fingerprint density at radius 1 is 0.905 bits per heavy atom. The molecule has 42 heavy (non-hydrogen) atoms. The van der Waals surface area contributed by atoms with Gasteiger partial charge in [0.2, 0.25) is 5.36 Å². The summed E-state index contributed by atoms with van der Waals surface area (Å²) in [7, 11) is -4.54. The highest BCUT2D eigenvalue weighted by atomic mass is 32.2. The highest BCUT2D eigenvalue weighted by Gasteiger charge is 2.46. The maximum atomic E-state index is 12.7. The van der Waals surface area contributed by atoms with Crippen LogP contribution in [0.25, 0.3) is 5.57 Å². The number of rotatable bonds is 6. The molecule has 3 N–H and O–H groups in total. The Kier molecular flexibility index (Phi) is 6.62. The van der Waals surface area contributed by atoms with Crippen LogP contribution < -0.4 is 24.8 Å². The Labute approximate surface area is 247 Å². The zero-order chi connectivity index (χ0) is 30.4. The van der Waals surface area contributed by atoms with Crippen LogP contribution in [0.15, 0.2) is 53.4 Å². The van der Waals surface area contributed by atoms with E-state index in [2.05, 4.69) is 63.2 Å². The molecule has 0 aliphatic carbocycles. The fraction of sp³-hybridized carbons (Fsp3) is 0.424. The second kappa shape index (κ2) is 9.64. The van der Waals surface area contributed by atoms with E-state index in [1.165, 1.54) is 6.07 Å². The summed E-state index contributed by atoms with van der Waals surface area (Å²) in [5, 5.41) is 21.4. The first kappa shape index (κ1) is 28.9. The predicted octanol–water partition coefficient (Wildman–Crippen LogP) is 2.93. The molecule has 0 fully saturated rings. The van der Waals surface area contributed by atoms with Crippen molar-refractivity contribution in [2.75, 3.05) is 31.2 Å². The van der Waals surface area contributed by atoms with Crippen molar-refractivity contribution in [1.82, 2.24) is 4.58 Å². The molecule has 6 rings (SSSR count). The molecular weight excluding hydrogens is 552 g/mol. The summed E-state index contributed by atoms with van der Waals surface area (Å²) in [4.78, 5) is 2.03. The maximum absolute atomic E-state index is 12.7. The van der Waals surface area contributed by atoms with Gasteiger partial charge < -0.3 is 19.8 Å². The van der Waals surface area contributed by atoms with Crippen LogP contribution >= 0.6 is 0 Å². The van der Waals surface area contributed by atoms with Crippen LogP contribution in [0.1, 0.15) is 63.8 Å². The molecule has 3 aromatic rings. The summed E-state index contributed by atoms with van der Waals surface area (Å²) < 4.78 is 44.5. The van der Waals surface area contributed by atoms with Crippen molar-refractivity contribution in [2.24, 2.45) is 0 Å². The third-order valence-electron chi connectivity index (χ3n) is 10.1. The Morgan fingerprint density at radius 2 is 1.62 bits per heavy atom. The number of benzene rings is 3. The highest BCUT2D eigenvalue weighted by molar-refractivity contribution is 7.86. The Morgan fingerprint density at radius 3 is 2.29 bits per heavy atom. The quantitative estimate of drug-likeness (QED) is 0.234. The molecule has 0 radical (unpaired) electrons. The predicted molar refractivity (Wildman–Crippen MR) is 163 cm³/mol. The summed E-state index contributed by atoms with van der Waals surface area (Å²) in [6.07, 6.45) is 0. The molecule has 3 aromatic carbocycles. The summed E-state index contributed by atoms with van der Waals surface area (Å²) >= 11 is 0. The van der Waals surface area contributed by atoms with Gasteiger partial charge in [0.05, 0.1) is 18.1 Å². The SMILES string of the molecule is C[C@H]1N(CCO)c2cc3c(cc2C1(C)C)C(c1ccccc1S(=O)(=O)O)=c1cc2c(cc1O3)=[N+](CCO)[C@H](C)C2(C)C. The molecule has 3 heterocycles. The number of aliphatic hydroxyl groups excluding tert-OH is 2. The standard InChI is InChI=1S/C33H38N2O6S/c1-19-32(3,4)24-15-22-28(17-26(24)34(19)11-13-36)41-29-18-27-25(33(5,6)20(2)35(27)12-14-37)16-23(29)31(22)21-9-7-8-10-30(21)42(38,39)40/h7-10,15-20,36-37H,11-14H2,1-6H3/p+1/t19-,20-/m1/s1. The molecule has 0 spiro atoms. The molecule has 2 atom stereocenters. The van der Waals surface area contributed by atoms with E-state index >= 15 is 0 Å². The van der Waals surface area contributed by atoms with Crippen LogP contribution in [0, 0.1) is 0 Å². The maximum Gasteiger partial charge on any atom is 0.295 e. The van der Waals surface area contributed by atoms with Crippen molar-refractivity contribution >= 4 is 21.4 Å². The molecule has 0 saturated carbocycles. The molecule has 222 valence electrons. The zero-order valence-corrected chi connectivity index (χ0v) is 25.8. The first-order valence-electron chi connectivity index (χ1n) is 14.5. The van der Waals surface area contributed by atoms with Gasteiger partial charge >= 0.3 is 0 Å². The van der Waals surface area contributed by atoms with Gasteiger partial charge in [-0.15, -0.1) is 0 Å². The van der Waals surface area contributed by atoms with Crippen molar-refractivity contribution < 1.29 is 27.9 Å². The van der Waals surface area contributed by atoms with Crippen LogP contribution in [0.4, 0.5) is 5.69 Å². The highest BCUT2D eigenvalue weighted by Crippen LogP contribution is 2.50. The minimum Gasteiger partial charge on any atom is -0.456 e. The number of hydrogen-bond donors (Lipinski definition) is 3. The van der Waals surface area contributed by atoms with Crippen molar-refractivity contribution in [3.8, 4) is 11.5 Å². The van der Waals surface area contributed by atoms with E-state index in [0.29, 0.717) is 35.7 Å². The number of fused-ring (bicyclic) bond motifs is 4. The van der Waals surface area contributed by atoms with E-state index in [1.807, 2.05) is 12.1 Å². The van der Waals surface area contributed by atoms with Crippen LogP contribution in [0.5, 0.6) is 11.5 Å². The first-order valence-corrected chi connectivity index (χ1v) is 15.9. The average molecular weight is 592 g/mol. The van der Waals surface area contributed by atoms with Crippen molar-refractivity contribution in [1.29, 1.82) is 0 Å². The van der Waals surface area contributed by atoms with E-state index < -0.39 is 10.1 Å². The van der Waals surface area contributed by atoms with E-state index in [9.17, 15) is 23.2 Å². The lowest BCUT2D eigenvalue weighted by atomic mass is 9.78. The van der Waals surface area contributed by atoms with Crippen LogP contribution in [0.2, 0.25) is 0 Å². The number of hydrogen-bond acceptors (Lipinski definition) is 6. The summed E-state index contributed by atoms with van der Waals surface area (Å²) in [6, 6.07) is 14.9. The summed E-state index contributed by atoms with van der Waals surface area (Å²) in [5.41, 5.74) is 4.46. The van der Waals surface area contributed by atoms with E-state index in [0.717, 1.165) is 33.0 Å². The van der Waals surface area contributed by atoms with Gasteiger partial charge in [0.15, 0.2) is 12.6 Å². The molecule has 0 saturated heterocycles. The largest absolute Gasteiger partial charge is 0.456 e. The smallest absolute Gasteiger partial charge is 0.295 e. The van der Waals surface area contributed by atoms with E-state index in [1.54, 1.807) is 18.2 Å². The minimum atomic E-state index is -4.54. The second-order valence-electron chi connectivity index (χ2n) is 12.8. The van der Waals surface area contributed by atoms with Gasteiger partial charge in [-0.25, -0.2) is 4.58 Å². The molecule has 0 amide bonds. The van der Waals surface area contributed by atoms with Crippen LogP contribution in [0.3, 0.4) is 0 Å². The van der Waals surface area contributed by atoms with Gasteiger partial charge in [-0.05, 0) is 51.5 Å². The molecule has 3 aliphatic heterocycles. The Hall–Kier alpha value is -3.24. The van der Waals surface area contributed by atoms with E-state index in [4.69, 9.17) is 4.74 Å². The van der Waals surface area contributed by atoms with E-state index in [-0.39, 0.29) is 41.0 Å². The number of aliphatic hydroxyl groups is 2. The normalized spacial score (nSPS) is 21.5. The first-order chi connectivity index (χ1) is 19.7. The van der Waals surface area contributed by atoms with Gasteiger partial charge in [0, 0.05) is 57.2 Å². The lowest BCUT2D eigenvalue weighted by molar-refractivity contribution is 0.257. The topological polar surface area (TPSA) is 110 Å². The molecule has 8 nitrogen and oxygen atoms in total. The monoisotopic (exact) mass is 591 g/mol. The number of ether oxygens (including phenoxy) is 1. The van der Waals surface area contributed by atoms with Crippen molar-refractivity contribution in [3.05, 3.63) is 81.4 Å². The summed E-state index contributed by atoms with van der Waals surface area (Å²) in [5.74, 6) is 1.15. The molecule has 0 aromatic heterocycles. The van der Waals surface area contributed by atoms with Gasteiger partial charge in [0.1, 0.15) is 23.0 Å². The molecular formula is C33H39N2O6S+. The lowest BCUT2D eigenvalue weighted by Gasteiger charge is -2.31. The Bertz CT molecular complexity index is 1860. The van der Waals surface area contributed by atoms with Gasteiger partial charge in [-0.2, -0.15) is 8.42 Å². The van der Waals surface area contributed by atoms with Gasteiger partial charge in [-0.1, -0.05) is 32.0 Å². The molecule has 0 bridgehead atoms. The third-order valence-corrected chi connectivity index (χ3v) is 11.0. The fourth-order valence-corrected chi connectivity index (χ4v) is 7.85. The fourth-order valence-electron chi connectivity index (χ4n) is 7.15. The molecule has 9 heteroatoms. The number of β-amino-alcohol motifs (C(OH)–C–C–N with tert-alkyl or cyclic N) is 2. The Balaban J connectivity index is 1.76. The minimum absolute atomic E-state index is 0.0144. The van der Waals surface area contributed by atoms with Gasteiger partial charge in [-0.3, -0.25) is 4.55 Å². The average Bonchev–Trinajstić information content (AvgIpc) is 3.23. The number of nitrogens with zero attached hydrogens (tertiary/aromatic N) is 2.